The van der Waals surface area contributed by atoms with Gasteiger partial charge in [0.15, 0.2) is 11.5 Å². The van der Waals surface area contributed by atoms with Gasteiger partial charge >= 0.3 is 23.9 Å². The van der Waals surface area contributed by atoms with E-state index in [1.165, 1.54) is 0 Å². The summed E-state index contributed by atoms with van der Waals surface area (Å²) in [6.07, 6.45) is -3.16. The van der Waals surface area contributed by atoms with Gasteiger partial charge in [-0.25, -0.2) is 9.59 Å². The number of benzene rings is 1. The zero-order chi connectivity index (χ0) is 19.0. The fourth-order valence-corrected chi connectivity index (χ4v) is 2.74. The maximum atomic E-state index is 11.9. The molecule has 0 radical (unpaired) electrons. The van der Waals surface area contributed by atoms with Gasteiger partial charge in [0.2, 0.25) is 11.9 Å². The molecule has 0 saturated carbocycles. The molecule has 0 spiro atoms. The molecule has 25 heavy (non-hydrogen) atoms. The molecule has 11 nitrogen and oxygen atoms in total. The van der Waals surface area contributed by atoms with Gasteiger partial charge in [0.25, 0.3) is 0 Å². The first-order chi connectivity index (χ1) is 11.6. The van der Waals surface area contributed by atoms with Crippen LogP contribution in [-0.2, 0) is 19.1 Å². The maximum Gasteiger partial charge on any atom is 0.345 e. The average Bonchev–Trinajstić information content (AvgIpc) is 2.50. The Kier molecular flexibility index (Phi) is 4.42. The van der Waals surface area contributed by atoms with Gasteiger partial charge in [-0.2, -0.15) is 0 Å². The van der Waals surface area contributed by atoms with Gasteiger partial charge in [0.1, 0.15) is 0 Å². The highest BCUT2D eigenvalue weighted by Crippen LogP contribution is 2.49. The van der Waals surface area contributed by atoms with Crippen molar-refractivity contribution in [3.63, 3.8) is 0 Å². The molecule has 11 heteroatoms. The minimum atomic E-state index is -2.12. The van der Waals surface area contributed by atoms with Crippen molar-refractivity contribution in [1.29, 1.82) is 0 Å². The van der Waals surface area contributed by atoms with E-state index in [2.05, 4.69) is 4.74 Å². The number of carboxylic acids is 3. The molecule has 134 valence electrons. The summed E-state index contributed by atoms with van der Waals surface area (Å²) in [6, 6.07) is 0.664. The standard InChI is InChI=1S/C14H12O11/c15-5-1-4-7(10(19)9(5)18)8(3(12(20)21)2-6(16)17)11(13(22)23)25-14(4)24/h1,3,8,11,15,18-19H,2H2,(H,16,17)(H,20,21)(H,22,23)/t3-,8?,11-/m0/s1. The number of hydrogen-bond donors (Lipinski definition) is 6. The van der Waals surface area contributed by atoms with Crippen LogP contribution in [-0.4, -0.2) is 60.6 Å². The van der Waals surface area contributed by atoms with Crippen LogP contribution in [0.25, 0.3) is 0 Å². The van der Waals surface area contributed by atoms with Crippen molar-refractivity contribution in [3.8, 4) is 17.2 Å². The summed E-state index contributed by atoms with van der Waals surface area (Å²) in [4.78, 5) is 45.7. The number of aromatic hydroxyl groups is 3. The number of cyclic esters (lactones) is 1. The lowest BCUT2D eigenvalue weighted by Crippen LogP contribution is -2.44. The molecular weight excluding hydrogens is 344 g/mol. The molecule has 2 rings (SSSR count). The number of carboxylic acid groups (broad SMARTS) is 3. The van der Waals surface area contributed by atoms with Crippen molar-refractivity contribution < 1.29 is 54.6 Å². The normalized spacial score (nSPS) is 20.2. The summed E-state index contributed by atoms with van der Waals surface area (Å²) in [5.41, 5.74) is -1.19. The van der Waals surface area contributed by atoms with Crippen molar-refractivity contribution >= 4 is 23.9 Å². The molecule has 0 bridgehead atoms. The largest absolute Gasteiger partial charge is 0.504 e. The van der Waals surface area contributed by atoms with Crippen molar-refractivity contribution in [2.24, 2.45) is 5.92 Å². The zero-order valence-corrected chi connectivity index (χ0v) is 12.2. The van der Waals surface area contributed by atoms with E-state index in [9.17, 15) is 44.7 Å². The predicted molar refractivity (Wildman–Crippen MR) is 74.4 cm³/mol. The van der Waals surface area contributed by atoms with E-state index in [0.29, 0.717) is 6.07 Å². The minimum absolute atomic E-state index is 0.577. The Labute approximate surface area is 138 Å². The van der Waals surface area contributed by atoms with Crippen molar-refractivity contribution in [3.05, 3.63) is 17.2 Å². The van der Waals surface area contributed by atoms with Crippen LogP contribution in [0.1, 0.15) is 28.3 Å². The quantitative estimate of drug-likeness (QED) is 0.298. The second-order valence-electron chi connectivity index (χ2n) is 5.29. The van der Waals surface area contributed by atoms with E-state index in [0.717, 1.165) is 0 Å². The topological polar surface area (TPSA) is 199 Å². The van der Waals surface area contributed by atoms with E-state index in [4.69, 9.17) is 5.11 Å². The molecule has 3 atom stereocenters. The van der Waals surface area contributed by atoms with E-state index < -0.39 is 76.6 Å². The Balaban J connectivity index is 2.78. The van der Waals surface area contributed by atoms with Gasteiger partial charge in [0.05, 0.1) is 23.8 Å². The molecule has 0 saturated heterocycles. The number of phenolic OH excluding ortho intramolecular Hbond substituents is 3. The van der Waals surface area contributed by atoms with Gasteiger partial charge in [-0.3, -0.25) is 9.59 Å². The third-order valence-corrected chi connectivity index (χ3v) is 3.80. The number of rotatable bonds is 5. The van der Waals surface area contributed by atoms with E-state index in [-0.39, 0.29) is 0 Å². The summed E-state index contributed by atoms with van der Waals surface area (Å²) in [7, 11) is 0. The summed E-state index contributed by atoms with van der Waals surface area (Å²) in [6.45, 7) is 0. The number of aliphatic carboxylic acids is 3. The van der Waals surface area contributed by atoms with Gasteiger partial charge in [-0.15, -0.1) is 0 Å². The summed E-state index contributed by atoms with van der Waals surface area (Å²) < 4.78 is 4.65. The van der Waals surface area contributed by atoms with E-state index >= 15 is 0 Å². The van der Waals surface area contributed by atoms with Crippen LogP contribution in [0.5, 0.6) is 17.2 Å². The third kappa shape index (κ3) is 2.98. The number of esters is 1. The van der Waals surface area contributed by atoms with Crippen molar-refractivity contribution in [2.75, 3.05) is 0 Å². The molecule has 0 amide bonds. The van der Waals surface area contributed by atoms with Gasteiger partial charge in [-0.05, 0) is 6.07 Å². The Bertz CT molecular complexity index is 781. The Morgan fingerprint density at radius 1 is 1.08 bits per heavy atom. The molecule has 1 aliphatic heterocycles. The number of carbonyl (C=O) groups excluding carboxylic acids is 1. The van der Waals surface area contributed by atoms with Gasteiger partial charge in [0, 0.05) is 5.56 Å². The lowest BCUT2D eigenvalue weighted by Gasteiger charge is -2.34. The lowest BCUT2D eigenvalue weighted by atomic mass is 9.76. The van der Waals surface area contributed by atoms with Crippen molar-refractivity contribution in [1.82, 2.24) is 0 Å². The molecule has 6 N–H and O–H groups in total. The average molecular weight is 356 g/mol. The monoisotopic (exact) mass is 356 g/mol. The van der Waals surface area contributed by atoms with Crippen molar-refractivity contribution in [2.45, 2.75) is 18.4 Å². The number of carbonyl (C=O) groups is 4. The fraction of sp³-hybridized carbons (Fsp3) is 0.286. The highest BCUT2D eigenvalue weighted by Gasteiger charge is 2.49. The first-order valence-electron chi connectivity index (χ1n) is 6.72. The van der Waals surface area contributed by atoms with Crippen LogP contribution in [0.2, 0.25) is 0 Å². The van der Waals surface area contributed by atoms with Crippen LogP contribution in [0.3, 0.4) is 0 Å². The number of fused-ring (bicyclic) bond motifs is 1. The zero-order valence-electron chi connectivity index (χ0n) is 12.2. The molecule has 1 aliphatic rings. The highest BCUT2D eigenvalue weighted by atomic mass is 16.6. The van der Waals surface area contributed by atoms with Gasteiger partial charge < -0.3 is 35.4 Å². The molecule has 1 heterocycles. The summed E-state index contributed by atoms with van der Waals surface area (Å²) in [5, 5.41) is 56.5. The first kappa shape index (κ1) is 17.8. The minimum Gasteiger partial charge on any atom is -0.504 e. The van der Waals surface area contributed by atoms with Crippen LogP contribution in [0, 0.1) is 5.92 Å². The Morgan fingerprint density at radius 3 is 2.16 bits per heavy atom. The fourth-order valence-electron chi connectivity index (χ4n) is 2.74. The van der Waals surface area contributed by atoms with Crippen LogP contribution in [0.4, 0.5) is 0 Å². The number of phenols is 3. The van der Waals surface area contributed by atoms with Crippen LogP contribution < -0.4 is 0 Å². The second-order valence-corrected chi connectivity index (χ2v) is 5.29. The third-order valence-electron chi connectivity index (χ3n) is 3.80. The molecule has 1 unspecified atom stereocenters. The highest BCUT2D eigenvalue weighted by molar-refractivity contribution is 5.98. The molecular formula is C14H12O11. The van der Waals surface area contributed by atoms with E-state index in [1.807, 2.05) is 0 Å². The Hall–Kier alpha value is -3.50. The second kappa shape index (κ2) is 6.19. The number of hydrogen-bond acceptors (Lipinski definition) is 8. The molecule has 1 aromatic carbocycles. The van der Waals surface area contributed by atoms with E-state index in [1.54, 1.807) is 0 Å². The van der Waals surface area contributed by atoms with Crippen LogP contribution in [0.15, 0.2) is 6.07 Å². The van der Waals surface area contributed by atoms with Gasteiger partial charge in [-0.1, -0.05) is 0 Å². The molecule has 1 aromatic rings. The molecule has 0 aliphatic carbocycles. The predicted octanol–water partition coefficient (Wildman–Crippen LogP) is -0.314. The summed E-state index contributed by atoms with van der Waals surface area (Å²) in [5.74, 6) is -13.2. The maximum absolute atomic E-state index is 11.9. The van der Waals surface area contributed by atoms with Crippen LogP contribution >= 0.6 is 0 Å². The Morgan fingerprint density at radius 2 is 1.68 bits per heavy atom. The molecule has 0 fully saturated rings. The first-order valence-corrected chi connectivity index (χ1v) is 6.72. The lowest BCUT2D eigenvalue weighted by molar-refractivity contribution is -0.156. The molecule has 0 aromatic heterocycles. The smallest absolute Gasteiger partial charge is 0.345 e. The number of ether oxygens (including phenoxy) is 1. The SMILES string of the molecule is O=C(O)C[C@H](C(=O)O)C1c2c(cc(O)c(O)c2O)C(=O)O[C@@H]1C(=O)O. The summed E-state index contributed by atoms with van der Waals surface area (Å²) >= 11 is 0.